The number of urea groups is 1. The van der Waals surface area contributed by atoms with Gasteiger partial charge in [-0.15, -0.1) is 11.3 Å². The van der Waals surface area contributed by atoms with Gasteiger partial charge >= 0.3 is 12.2 Å². The molecule has 3 N–H and O–H groups in total. The van der Waals surface area contributed by atoms with Crippen LogP contribution in [0.1, 0.15) is 30.7 Å². The first-order valence-corrected chi connectivity index (χ1v) is 17.2. The van der Waals surface area contributed by atoms with E-state index in [0.29, 0.717) is 54.9 Å². The van der Waals surface area contributed by atoms with Crippen LogP contribution in [0.15, 0.2) is 29.9 Å². The molecule has 3 aromatic rings. The molecule has 0 radical (unpaired) electrons. The molecule has 2 amide bonds. The number of anilines is 1. The monoisotopic (exact) mass is 707 g/mol. The van der Waals surface area contributed by atoms with Gasteiger partial charge in [-0.05, 0) is 39.6 Å². The van der Waals surface area contributed by atoms with Crippen molar-refractivity contribution in [2.75, 3.05) is 98.0 Å². The second-order valence-electron chi connectivity index (χ2n) is 12.3. The average molecular weight is 708 g/mol. The first kappa shape index (κ1) is 36.8. The number of thiazole rings is 1. The molecule has 17 heteroatoms. The summed E-state index contributed by atoms with van der Waals surface area (Å²) in [6.07, 6.45) is -1.84. The SMILES string of the molecule is CCNC(=O)Nc1cc(-c2nc(C(F)(F)F)cs2)c(-c2cc(C(CCN3CCN(C)CC3)OO)cnc2OCCN2CCN(C)CC2)cn1. The Kier molecular flexibility index (Phi) is 12.8. The fourth-order valence-corrected chi connectivity index (χ4v) is 6.57. The number of pyridine rings is 2. The summed E-state index contributed by atoms with van der Waals surface area (Å²) in [5.41, 5.74) is 0.659. The molecule has 1 atom stereocenters. The Bertz CT molecular complexity index is 1530. The summed E-state index contributed by atoms with van der Waals surface area (Å²) in [6, 6.07) is 2.74. The van der Waals surface area contributed by atoms with Crippen molar-refractivity contribution in [3.05, 3.63) is 41.2 Å². The number of amides is 2. The number of carbonyl (C=O) groups is 1. The lowest BCUT2D eigenvalue weighted by Gasteiger charge is -2.33. The Labute approximate surface area is 288 Å². The van der Waals surface area contributed by atoms with Gasteiger partial charge in [0, 0.05) is 112 Å². The number of rotatable bonds is 13. The van der Waals surface area contributed by atoms with Crippen molar-refractivity contribution in [2.45, 2.75) is 25.6 Å². The van der Waals surface area contributed by atoms with Crippen LogP contribution in [0.2, 0.25) is 0 Å². The van der Waals surface area contributed by atoms with Gasteiger partial charge in [0.25, 0.3) is 0 Å². The maximum atomic E-state index is 13.6. The quantitative estimate of drug-likeness (QED) is 0.174. The van der Waals surface area contributed by atoms with Crippen LogP contribution in [0, 0.1) is 0 Å². The molecule has 0 aliphatic carbocycles. The van der Waals surface area contributed by atoms with Crippen molar-refractivity contribution in [3.8, 4) is 27.6 Å². The molecular weight excluding hydrogens is 663 g/mol. The van der Waals surface area contributed by atoms with Gasteiger partial charge in [-0.1, -0.05) is 0 Å². The van der Waals surface area contributed by atoms with E-state index < -0.39 is 24.0 Å². The summed E-state index contributed by atoms with van der Waals surface area (Å²) < 4.78 is 47.2. The fraction of sp³-hybridized carbons (Fsp3) is 0.562. The number of ether oxygens (including phenoxy) is 1. The third kappa shape index (κ3) is 10.1. The van der Waals surface area contributed by atoms with Crippen LogP contribution in [0.3, 0.4) is 0 Å². The van der Waals surface area contributed by atoms with Gasteiger partial charge in [0.05, 0.1) is 0 Å². The van der Waals surface area contributed by atoms with E-state index in [1.165, 1.54) is 12.3 Å². The van der Waals surface area contributed by atoms with E-state index in [9.17, 15) is 23.2 Å². The minimum atomic E-state index is -4.64. The van der Waals surface area contributed by atoms with Crippen LogP contribution in [0.5, 0.6) is 5.88 Å². The zero-order valence-electron chi connectivity index (χ0n) is 28.0. The summed E-state index contributed by atoms with van der Waals surface area (Å²) >= 11 is 0.825. The average Bonchev–Trinajstić information content (AvgIpc) is 3.59. The van der Waals surface area contributed by atoms with E-state index in [1.54, 1.807) is 19.2 Å². The Morgan fingerprint density at radius 2 is 1.63 bits per heavy atom. The smallest absolute Gasteiger partial charge is 0.434 e. The van der Waals surface area contributed by atoms with Crippen molar-refractivity contribution in [3.63, 3.8) is 0 Å². The van der Waals surface area contributed by atoms with E-state index >= 15 is 0 Å². The Balaban J connectivity index is 1.50. The summed E-state index contributed by atoms with van der Waals surface area (Å²) in [4.78, 5) is 39.3. The Morgan fingerprint density at radius 1 is 0.959 bits per heavy atom. The lowest BCUT2D eigenvalue weighted by molar-refractivity contribution is -0.283. The molecule has 268 valence electrons. The number of nitrogens with one attached hydrogen (secondary N) is 2. The number of carbonyl (C=O) groups excluding carboxylic acids is 1. The Morgan fingerprint density at radius 3 is 2.24 bits per heavy atom. The van der Waals surface area contributed by atoms with Gasteiger partial charge in [-0.3, -0.25) is 15.5 Å². The van der Waals surface area contributed by atoms with E-state index in [1.807, 2.05) is 0 Å². The molecule has 2 saturated heterocycles. The van der Waals surface area contributed by atoms with Gasteiger partial charge < -0.3 is 24.8 Å². The number of piperazine rings is 2. The second-order valence-corrected chi connectivity index (χ2v) is 13.1. The van der Waals surface area contributed by atoms with E-state index in [0.717, 1.165) is 69.1 Å². The minimum Gasteiger partial charge on any atom is -0.476 e. The Hall–Kier alpha value is -3.45. The fourth-order valence-electron chi connectivity index (χ4n) is 5.71. The molecule has 49 heavy (non-hydrogen) atoms. The molecule has 2 aliphatic rings. The number of aromatic nitrogens is 3. The number of nitrogens with zero attached hydrogens (tertiary/aromatic N) is 7. The highest BCUT2D eigenvalue weighted by Crippen LogP contribution is 2.41. The number of hydrogen-bond acceptors (Lipinski definition) is 12. The number of hydrogen-bond donors (Lipinski definition) is 3. The predicted molar refractivity (Wildman–Crippen MR) is 181 cm³/mol. The topological polar surface area (TPSA) is 131 Å². The molecular formula is C32H44F3N9O4S. The highest BCUT2D eigenvalue weighted by atomic mass is 32.1. The van der Waals surface area contributed by atoms with Crippen LogP contribution in [0.4, 0.5) is 23.8 Å². The largest absolute Gasteiger partial charge is 0.476 e. The summed E-state index contributed by atoms with van der Waals surface area (Å²) in [5, 5.41) is 16.3. The van der Waals surface area contributed by atoms with Crippen molar-refractivity contribution in [2.24, 2.45) is 0 Å². The van der Waals surface area contributed by atoms with Gasteiger partial charge in [0.2, 0.25) is 5.88 Å². The summed E-state index contributed by atoms with van der Waals surface area (Å²) in [6.45, 7) is 11.2. The van der Waals surface area contributed by atoms with Gasteiger partial charge in [0.1, 0.15) is 23.5 Å². The first-order valence-electron chi connectivity index (χ1n) is 16.4. The minimum absolute atomic E-state index is 0.0717. The molecule has 2 fully saturated rings. The van der Waals surface area contributed by atoms with Crippen LogP contribution >= 0.6 is 11.3 Å². The molecule has 2 aliphatic heterocycles. The highest BCUT2D eigenvalue weighted by molar-refractivity contribution is 7.13. The number of alkyl halides is 3. The third-order valence-corrected chi connectivity index (χ3v) is 9.59. The molecule has 3 aromatic heterocycles. The zero-order valence-corrected chi connectivity index (χ0v) is 28.8. The van der Waals surface area contributed by atoms with Gasteiger partial charge in [-0.25, -0.2) is 24.6 Å². The molecule has 5 rings (SSSR count). The van der Waals surface area contributed by atoms with Gasteiger partial charge in [0.15, 0.2) is 5.69 Å². The zero-order chi connectivity index (χ0) is 35.0. The third-order valence-electron chi connectivity index (χ3n) is 8.72. The van der Waals surface area contributed by atoms with Crippen LogP contribution in [-0.4, -0.2) is 139 Å². The lowest BCUT2D eigenvalue weighted by atomic mass is 9.99. The summed E-state index contributed by atoms with van der Waals surface area (Å²) in [5.74, 6) is 0.368. The van der Waals surface area contributed by atoms with Crippen LogP contribution in [0.25, 0.3) is 21.7 Å². The van der Waals surface area contributed by atoms with Crippen molar-refractivity contribution in [1.82, 2.24) is 39.9 Å². The molecule has 5 heterocycles. The van der Waals surface area contributed by atoms with E-state index in [-0.39, 0.29) is 16.7 Å². The first-order chi connectivity index (χ1) is 23.5. The normalized spacial score (nSPS) is 17.6. The molecule has 0 spiro atoms. The predicted octanol–water partition coefficient (Wildman–Crippen LogP) is 4.22. The maximum Gasteiger partial charge on any atom is 0.434 e. The van der Waals surface area contributed by atoms with Gasteiger partial charge in [-0.2, -0.15) is 13.2 Å². The molecule has 0 bridgehead atoms. The molecule has 1 unspecified atom stereocenters. The van der Waals surface area contributed by atoms with E-state index in [2.05, 4.69) is 59.3 Å². The van der Waals surface area contributed by atoms with Crippen molar-refractivity contribution in [1.29, 1.82) is 0 Å². The van der Waals surface area contributed by atoms with Crippen LogP contribution in [-0.2, 0) is 11.1 Å². The van der Waals surface area contributed by atoms with E-state index in [4.69, 9.17) is 9.62 Å². The van der Waals surface area contributed by atoms with Crippen molar-refractivity contribution >= 4 is 23.2 Å². The lowest BCUT2D eigenvalue weighted by Crippen LogP contribution is -2.45. The number of likely N-dealkylation sites (N-methyl/N-ethyl adjacent to an activating group) is 2. The molecule has 13 nitrogen and oxygen atoms in total. The molecule has 0 saturated carbocycles. The van der Waals surface area contributed by atoms with Crippen LogP contribution < -0.4 is 15.4 Å². The summed E-state index contributed by atoms with van der Waals surface area (Å²) in [7, 11) is 4.17. The molecule has 0 aromatic carbocycles. The standard InChI is InChI=1S/C32H44F3N9O4S/c1-4-36-31(45)40-28-18-24(30-39-27(21-49-30)32(33,34)35)25(20-37-28)23-17-22(26(48-46)5-6-43-11-7-41(2)8-12-43)19-38-29(23)47-16-15-44-13-9-42(3)10-14-44/h17-21,26,46H,4-16H2,1-3H3,(H2,36,37,40,45). The number of halogens is 3. The second kappa shape index (κ2) is 17.0. The highest BCUT2D eigenvalue weighted by Gasteiger charge is 2.34. The maximum absolute atomic E-state index is 13.6. The van der Waals surface area contributed by atoms with Crippen molar-refractivity contribution < 1.29 is 32.8 Å².